The molecule has 0 saturated carbocycles. The fourth-order valence-corrected chi connectivity index (χ4v) is 6.23. The second-order valence-corrected chi connectivity index (χ2v) is 12.6. The first-order chi connectivity index (χ1) is 21.6. The summed E-state index contributed by atoms with van der Waals surface area (Å²) in [5.74, 6) is -0.949. The molecule has 0 aromatic heterocycles. The minimum Gasteiger partial charge on any atom is -0.497 e. The molecule has 0 spiro atoms. The first-order valence-corrected chi connectivity index (χ1v) is 16.2. The Morgan fingerprint density at radius 3 is 2.11 bits per heavy atom. The summed E-state index contributed by atoms with van der Waals surface area (Å²) < 4.78 is 48.0. The molecule has 0 fully saturated rings. The van der Waals surface area contributed by atoms with Gasteiger partial charge in [-0.3, -0.25) is 13.9 Å². The summed E-state index contributed by atoms with van der Waals surface area (Å²) in [6.45, 7) is 3.25. The molecule has 0 aliphatic carbocycles. The summed E-state index contributed by atoms with van der Waals surface area (Å²) in [5.41, 5.74) is 1.79. The summed E-state index contributed by atoms with van der Waals surface area (Å²) in [5, 5.41) is 3.02. The number of hydrogen-bond acceptors (Lipinski definition) is 5. The molecule has 2 atom stereocenters. The Balaban J connectivity index is 1.80. The lowest BCUT2D eigenvalue weighted by Gasteiger charge is -2.34. The Kier molecular flexibility index (Phi) is 11.3. The number of ether oxygens (including phenoxy) is 1. The highest BCUT2D eigenvalue weighted by Crippen LogP contribution is 2.25. The van der Waals surface area contributed by atoms with Crippen LogP contribution in [0.5, 0.6) is 5.75 Å². The van der Waals surface area contributed by atoms with Gasteiger partial charge in [0.05, 0.1) is 17.7 Å². The van der Waals surface area contributed by atoms with Crippen LogP contribution in [0.2, 0.25) is 0 Å². The second-order valence-electron chi connectivity index (χ2n) is 10.7. The molecule has 0 saturated heterocycles. The van der Waals surface area contributed by atoms with E-state index in [-0.39, 0.29) is 35.5 Å². The third-order valence-corrected chi connectivity index (χ3v) is 9.27. The van der Waals surface area contributed by atoms with E-state index in [1.54, 1.807) is 48.5 Å². The summed E-state index contributed by atoms with van der Waals surface area (Å²) in [7, 11) is -2.77. The van der Waals surface area contributed by atoms with Gasteiger partial charge < -0.3 is 15.0 Å². The van der Waals surface area contributed by atoms with Crippen molar-refractivity contribution in [1.82, 2.24) is 10.2 Å². The van der Waals surface area contributed by atoms with E-state index >= 15 is 0 Å². The van der Waals surface area contributed by atoms with Crippen molar-refractivity contribution in [3.63, 3.8) is 0 Å². The molecule has 2 amide bonds. The minimum absolute atomic E-state index is 0.0146. The predicted molar refractivity (Wildman–Crippen MR) is 173 cm³/mol. The van der Waals surface area contributed by atoms with Crippen LogP contribution in [-0.4, -0.2) is 50.9 Å². The van der Waals surface area contributed by atoms with Gasteiger partial charge in [-0.2, -0.15) is 0 Å². The van der Waals surface area contributed by atoms with Crippen LogP contribution in [0.15, 0.2) is 114 Å². The number of carbonyl (C=O) groups excluding carboxylic acids is 2. The zero-order valence-electron chi connectivity index (χ0n) is 25.6. The molecule has 0 aliphatic heterocycles. The van der Waals surface area contributed by atoms with E-state index in [0.717, 1.165) is 34.1 Å². The Hall–Kier alpha value is -4.70. The molecule has 0 heterocycles. The molecule has 4 aromatic rings. The molecular formula is C35H38FN3O5S. The van der Waals surface area contributed by atoms with Gasteiger partial charge in [-0.15, -0.1) is 0 Å². The number of para-hydroxylation sites is 1. The number of halogens is 1. The van der Waals surface area contributed by atoms with Gasteiger partial charge in [0.15, 0.2) is 0 Å². The third-order valence-electron chi connectivity index (χ3n) is 7.48. The lowest BCUT2D eigenvalue weighted by atomic mass is 10.0. The van der Waals surface area contributed by atoms with Crippen LogP contribution < -0.4 is 14.4 Å². The highest BCUT2D eigenvalue weighted by molar-refractivity contribution is 7.92. The Labute approximate surface area is 264 Å². The molecule has 45 heavy (non-hydrogen) atoms. The van der Waals surface area contributed by atoms with E-state index in [1.807, 2.05) is 50.2 Å². The first-order valence-electron chi connectivity index (χ1n) is 14.7. The predicted octanol–water partition coefficient (Wildman–Crippen LogP) is 5.58. The highest BCUT2D eigenvalue weighted by atomic mass is 32.2. The molecule has 236 valence electrons. The first kappa shape index (κ1) is 33.2. The van der Waals surface area contributed by atoms with Crippen LogP contribution in [0, 0.1) is 5.82 Å². The largest absolute Gasteiger partial charge is 0.497 e. The van der Waals surface area contributed by atoms with Crippen LogP contribution in [0.1, 0.15) is 31.4 Å². The average Bonchev–Trinajstić information content (AvgIpc) is 3.06. The van der Waals surface area contributed by atoms with Crippen molar-refractivity contribution in [1.29, 1.82) is 0 Å². The van der Waals surface area contributed by atoms with Crippen LogP contribution in [-0.2, 0) is 32.6 Å². The maximum Gasteiger partial charge on any atom is 0.264 e. The molecule has 4 rings (SSSR count). The lowest BCUT2D eigenvalue weighted by Crippen LogP contribution is -2.54. The molecule has 0 aliphatic rings. The molecule has 0 bridgehead atoms. The van der Waals surface area contributed by atoms with E-state index in [9.17, 15) is 22.4 Å². The van der Waals surface area contributed by atoms with E-state index in [0.29, 0.717) is 17.7 Å². The van der Waals surface area contributed by atoms with Crippen molar-refractivity contribution in [2.75, 3.05) is 18.0 Å². The normalized spacial score (nSPS) is 12.5. The monoisotopic (exact) mass is 631 g/mol. The van der Waals surface area contributed by atoms with Crippen molar-refractivity contribution in [3.05, 3.63) is 126 Å². The van der Waals surface area contributed by atoms with Gasteiger partial charge in [-0.1, -0.05) is 67.6 Å². The number of nitrogens with zero attached hydrogens (tertiary/aromatic N) is 2. The summed E-state index contributed by atoms with van der Waals surface area (Å²) >= 11 is 0. The van der Waals surface area contributed by atoms with E-state index in [2.05, 4.69) is 5.32 Å². The summed E-state index contributed by atoms with van der Waals surface area (Å²) in [6, 6.07) is 28.1. The number of amides is 2. The third kappa shape index (κ3) is 8.69. The number of nitrogens with one attached hydrogen (secondary N) is 1. The number of sulfonamides is 1. The Morgan fingerprint density at radius 2 is 1.49 bits per heavy atom. The number of anilines is 1. The van der Waals surface area contributed by atoms with Crippen LogP contribution in [0.3, 0.4) is 0 Å². The van der Waals surface area contributed by atoms with Crippen molar-refractivity contribution in [2.45, 2.75) is 50.2 Å². The highest BCUT2D eigenvalue weighted by Gasteiger charge is 2.35. The van der Waals surface area contributed by atoms with E-state index in [1.165, 1.54) is 12.0 Å². The zero-order valence-corrected chi connectivity index (χ0v) is 26.4. The quantitative estimate of drug-likeness (QED) is 0.196. The van der Waals surface area contributed by atoms with Gasteiger partial charge in [-0.05, 0) is 73.0 Å². The fraction of sp³-hybridized carbons (Fsp3) is 0.257. The Bertz CT molecular complexity index is 1670. The molecule has 8 nitrogen and oxygen atoms in total. The van der Waals surface area contributed by atoms with Crippen LogP contribution in [0.4, 0.5) is 10.1 Å². The molecular weight excluding hydrogens is 593 g/mol. The van der Waals surface area contributed by atoms with Crippen molar-refractivity contribution < 1.29 is 27.1 Å². The maximum absolute atomic E-state index is 14.5. The second kappa shape index (κ2) is 15.3. The number of methoxy groups -OCH3 is 1. The number of carbonyl (C=O) groups is 2. The molecule has 4 aromatic carbocycles. The molecule has 0 radical (unpaired) electrons. The number of hydrogen-bond donors (Lipinski definition) is 1. The van der Waals surface area contributed by atoms with Crippen molar-refractivity contribution in [2.24, 2.45) is 0 Å². The van der Waals surface area contributed by atoms with Gasteiger partial charge in [-0.25, -0.2) is 12.8 Å². The van der Waals surface area contributed by atoms with Crippen LogP contribution in [0.25, 0.3) is 0 Å². The smallest absolute Gasteiger partial charge is 0.264 e. The zero-order chi connectivity index (χ0) is 32.4. The maximum atomic E-state index is 14.5. The number of rotatable bonds is 14. The molecule has 1 N–H and O–H groups in total. The van der Waals surface area contributed by atoms with Gasteiger partial charge in [0.2, 0.25) is 11.8 Å². The molecule has 2 unspecified atom stereocenters. The lowest BCUT2D eigenvalue weighted by molar-refractivity contribution is -0.140. The van der Waals surface area contributed by atoms with Gasteiger partial charge >= 0.3 is 0 Å². The average molecular weight is 632 g/mol. The summed E-state index contributed by atoms with van der Waals surface area (Å²) in [4.78, 5) is 29.6. The van der Waals surface area contributed by atoms with Crippen LogP contribution >= 0.6 is 0 Å². The van der Waals surface area contributed by atoms with Gasteiger partial charge in [0.25, 0.3) is 10.0 Å². The Morgan fingerprint density at radius 1 is 0.867 bits per heavy atom. The van der Waals surface area contributed by atoms with Gasteiger partial charge in [0.1, 0.15) is 24.2 Å². The van der Waals surface area contributed by atoms with E-state index in [4.69, 9.17) is 4.74 Å². The summed E-state index contributed by atoms with van der Waals surface area (Å²) in [6.07, 6.45) is 0.889. The molecule has 10 heteroatoms. The standard InChI is InChI=1S/C35H38FN3O5S/c1-4-26(2)37-35(41)33(23-27-12-7-5-8-13-27)38(24-28-14-11-17-31(22-28)44-3)34(40)25-39(30-15-9-6-10-16-30)45(42,43)32-20-18-29(36)19-21-32/h5-22,26,33H,4,23-25H2,1-3H3,(H,37,41). The van der Waals surface area contributed by atoms with Crippen molar-refractivity contribution in [3.8, 4) is 5.75 Å². The fourth-order valence-electron chi connectivity index (χ4n) is 4.82. The van der Waals surface area contributed by atoms with E-state index < -0.39 is 34.3 Å². The number of benzene rings is 4. The minimum atomic E-state index is -4.31. The van der Waals surface area contributed by atoms with Gasteiger partial charge in [0, 0.05) is 19.0 Å². The van der Waals surface area contributed by atoms with Crippen molar-refractivity contribution >= 4 is 27.5 Å². The SMILES string of the molecule is CCC(C)NC(=O)C(Cc1ccccc1)N(Cc1cccc(OC)c1)C(=O)CN(c1ccccc1)S(=O)(=O)c1ccc(F)cc1. The topological polar surface area (TPSA) is 96.0 Å².